The molecule has 0 saturated carbocycles. The van der Waals surface area contributed by atoms with Crippen molar-refractivity contribution >= 4 is 69.8 Å². The van der Waals surface area contributed by atoms with Gasteiger partial charge < -0.3 is 19.8 Å². The Morgan fingerprint density at radius 2 is 0.714 bits per heavy atom. The molecule has 0 spiro atoms. The van der Waals surface area contributed by atoms with Crippen LogP contribution in [-0.2, 0) is 59.4 Å². The molecule has 0 rings (SSSR count). The van der Waals surface area contributed by atoms with Crippen molar-refractivity contribution in [1.29, 1.82) is 0 Å². The van der Waals surface area contributed by atoms with Crippen molar-refractivity contribution in [2.45, 2.75) is 37.4 Å². The molecular formula is C14H12Cl2O11V. The first-order valence-electron chi connectivity index (χ1n) is 6.60. The van der Waals surface area contributed by atoms with Crippen LogP contribution in [0, 0.1) is 0 Å². The number of alkyl halides is 2. The second-order valence-electron chi connectivity index (χ2n) is 4.77. The van der Waals surface area contributed by atoms with Gasteiger partial charge in [-0.1, -0.05) is 23.2 Å². The van der Waals surface area contributed by atoms with Crippen LogP contribution in [0.1, 0.15) is 27.7 Å². The first-order chi connectivity index (χ1) is 12.5. The molecular weight excluding hydrogens is 466 g/mol. The predicted molar refractivity (Wildman–Crippen MR) is 80.6 cm³/mol. The summed E-state index contributed by atoms with van der Waals surface area (Å²) in [5, 5.41) is 20.2. The van der Waals surface area contributed by atoms with E-state index in [1.807, 2.05) is 0 Å². The van der Waals surface area contributed by atoms with Crippen molar-refractivity contribution in [3.63, 3.8) is 0 Å². The quantitative estimate of drug-likeness (QED) is 0.193. The number of hydrogen-bond donors (Lipinski definition) is 0. The average molecular weight is 478 g/mol. The molecule has 0 saturated heterocycles. The Balaban J connectivity index is -0.000000410. The Kier molecular flexibility index (Phi) is 13.6. The summed E-state index contributed by atoms with van der Waals surface area (Å²) in [6.45, 7) is 3.43. The molecule has 0 aliphatic carbocycles. The molecule has 0 unspecified atom stereocenters. The molecule has 11 nitrogen and oxygen atoms in total. The number of carbonyl (C=O) groups excluding carboxylic acids is 8. The van der Waals surface area contributed by atoms with Gasteiger partial charge in [0.2, 0.25) is 21.3 Å². The third-order valence-corrected chi connectivity index (χ3v) is 4.34. The SMILES string of the molecule is CC(=O)C(Cl)(C(C)=O)C(=O)C(=O)[O-].CC(=O)C(Cl)(C(C)=O)C(=O)C(=O)[O-].[O]=[V+2]. The maximum absolute atomic E-state index is 10.8. The summed E-state index contributed by atoms with van der Waals surface area (Å²) in [5.41, 5.74) is 0. The molecule has 153 valence electrons. The van der Waals surface area contributed by atoms with Gasteiger partial charge in [-0.05, 0) is 27.7 Å². The summed E-state index contributed by atoms with van der Waals surface area (Å²) in [6, 6.07) is 0. The van der Waals surface area contributed by atoms with Crippen LogP contribution in [0.4, 0.5) is 0 Å². The summed E-state index contributed by atoms with van der Waals surface area (Å²) in [6.07, 6.45) is 0. The van der Waals surface area contributed by atoms with E-state index in [9.17, 15) is 48.6 Å². The molecule has 0 N–H and O–H groups in total. The van der Waals surface area contributed by atoms with Crippen LogP contribution in [0.3, 0.4) is 0 Å². The van der Waals surface area contributed by atoms with Crippen LogP contribution in [0.25, 0.3) is 0 Å². The number of halogens is 2. The summed E-state index contributed by atoms with van der Waals surface area (Å²) < 4.78 is 8.19. The molecule has 0 aromatic carbocycles. The zero-order valence-electron chi connectivity index (χ0n) is 14.7. The van der Waals surface area contributed by atoms with Crippen molar-refractivity contribution in [3.8, 4) is 0 Å². The van der Waals surface area contributed by atoms with Gasteiger partial charge >= 0.3 is 21.0 Å². The van der Waals surface area contributed by atoms with E-state index in [1.54, 1.807) is 0 Å². The molecule has 0 heterocycles. The first-order valence-corrected chi connectivity index (χ1v) is 7.93. The zero-order valence-corrected chi connectivity index (χ0v) is 17.6. The molecule has 0 atom stereocenters. The third kappa shape index (κ3) is 7.15. The topological polar surface area (TPSA) is 200 Å². The van der Waals surface area contributed by atoms with Crippen LogP contribution in [0.15, 0.2) is 0 Å². The number of carboxylic acids is 2. The van der Waals surface area contributed by atoms with Gasteiger partial charge in [0.1, 0.15) is 11.9 Å². The van der Waals surface area contributed by atoms with E-state index in [-0.39, 0.29) is 0 Å². The Hall–Kier alpha value is -2.08. The summed E-state index contributed by atoms with van der Waals surface area (Å²) in [5.74, 6) is -11.9. The molecule has 0 radical (unpaired) electrons. The zero-order chi connectivity index (χ0) is 23.6. The van der Waals surface area contributed by atoms with Gasteiger partial charge in [0.25, 0.3) is 0 Å². The Morgan fingerprint density at radius 3 is 0.750 bits per heavy atom. The molecule has 0 bridgehead atoms. The maximum atomic E-state index is 10.8. The summed E-state index contributed by atoms with van der Waals surface area (Å²) in [7, 11) is 0. The number of aliphatic carboxylic acids is 2. The van der Waals surface area contributed by atoms with Crippen LogP contribution in [0.5, 0.6) is 0 Å². The second kappa shape index (κ2) is 12.4. The fourth-order valence-corrected chi connectivity index (χ4v) is 1.57. The van der Waals surface area contributed by atoms with Gasteiger partial charge in [0.15, 0.2) is 23.1 Å². The van der Waals surface area contributed by atoms with E-state index in [2.05, 4.69) is 0 Å². The number of carbonyl (C=O) groups is 8. The number of hydrogen-bond acceptors (Lipinski definition) is 11. The predicted octanol–water partition coefficient (Wildman–Crippen LogP) is -3.20. The monoisotopic (exact) mass is 477 g/mol. The van der Waals surface area contributed by atoms with E-state index in [4.69, 9.17) is 26.9 Å². The summed E-state index contributed by atoms with van der Waals surface area (Å²) >= 11 is 11.6. The van der Waals surface area contributed by atoms with Crippen LogP contribution in [-0.4, -0.2) is 56.4 Å². The molecule has 0 aliphatic rings. The molecule has 14 heteroatoms. The Morgan fingerprint density at radius 1 is 0.571 bits per heavy atom. The van der Waals surface area contributed by atoms with Crippen LogP contribution >= 0.6 is 23.2 Å². The van der Waals surface area contributed by atoms with Gasteiger partial charge in [0.05, 0.1) is 0 Å². The molecule has 0 aromatic rings. The van der Waals surface area contributed by atoms with Crippen molar-refractivity contribution in [3.05, 3.63) is 0 Å². The van der Waals surface area contributed by atoms with E-state index in [0.29, 0.717) is 0 Å². The van der Waals surface area contributed by atoms with Crippen molar-refractivity contribution in [1.82, 2.24) is 0 Å². The number of rotatable bonds is 8. The molecule has 0 aromatic heterocycles. The van der Waals surface area contributed by atoms with E-state index in [0.717, 1.165) is 45.1 Å². The Labute approximate surface area is 176 Å². The average Bonchev–Trinajstić information content (AvgIpc) is 2.59. The normalized spacial score (nSPS) is 10.1. The standard InChI is InChI=1S/2C7H7ClO5.O.V/c2*1-3(9)7(8,4(2)10)5(11)6(12)13;;/h2*1-2H3,(H,12,13);;/q;;;+2/p-2. The molecule has 0 amide bonds. The van der Waals surface area contributed by atoms with E-state index >= 15 is 0 Å². The van der Waals surface area contributed by atoms with Gasteiger partial charge in [-0.15, -0.1) is 0 Å². The second-order valence-corrected chi connectivity index (χ2v) is 5.91. The van der Waals surface area contributed by atoms with Crippen LogP contribution < -0.4 is 10.2 Å². The van der Waals surface area contributed by atoms with Gasteiger partial charge in [-0.25, -0.2) is 0 Å². The van der Waals surface area contributed by atoms with Crippen LogP contribution in [0.2, 0.25) is 0 Å². The minimum absolute atomic E-state index is 0.856. The van der Waals surface area contributed by atoms with Crippen molar-refractivity contribution in [2.24, 2.45) is 0 Å². The number of Topliss-reactive ketones (excluding diaryl/α,β-unsaturated/α-hetero) is 6. The fraction of sp³-hybridized carbons (Fsp3) is 0.429. The third-order valence-electron chi connectivity index (χ3n) is 2.94. The molecule has 0 fully saturated rings. The molecule has 28 heavy (non-hydrogen) atoms. The van der Waals surface area contributed by atoms with Crippen molar-refractivity contribution in [2.75, 3.05) is 0 Å². The number of carboxylic acid groups (broad SMARTS) is 2. The molecule has 0 aliphatic heterocycles. The van der Waals surface area contributed by atoms with Gasteiger partial charge in [0, 0.05) is 0 Å². The minimum atomic E-state index is -2.63. The first kappa shape index (κ1) is 30.6. The van der Waals surface area contributed by atoms with Crippen molar-refractivity contribution < 1.29 is 69.6 Å². The fourth-order valence-electron chi connectivity index (χ4n) is 1.42. The van der Waals surface area contributed by atoms with E-state index in [1.165, 1.54) is 0 Å². The number of ketones is 6. The van der Waals surface area contributed by atoms with Gasteiger partial charge in [-0.3, -0.25) is 28.8 Å². The van der Waals surface area contributed by atoms with E-state index < -0.39 is 56.4 Å². The summed E-state index contributed by atoms with van der Waals surface area (Å²) in [4.78, 5) is 79.7. The van der Waals surface area contributed by atoms with Gasteiger partial charge in [-0.2, -0.15) is 0 Å². The Bertz CT molecular complexity index is 641.